The minimum atomic E-state index is 0.199. The van der Waals surface area contributed by atoms with Crippen molar-refractivity contribution in [1.29, 1.82) is 0 Å². The topological polar surface area (TPSA) is 34.2 Å². The third-order valence-corrected chi connectivity index (χ3v) is 3.38. The predicted molar refractivity (Wildman–Crippen MR) is 74.1 cm³/mol. The van der Waals surface area contributed by atoms with E-state index in [-0.39, 0.29) is 12.1 Å². The summed E-state index contributed by atoms with van der Waals surface area (Å²) >= 11 is 3.39. The molecule has 17 heavy (non-hydrogen) atoms. The highest BCUT2D eigenvalue weighted by atomic mass is 79.9. The van der Waals surface area contributed by atoms with E-state index in [4.69, 9.17) is 4.74 Å². The first-order chi connectivity index (χ1) is 8.08. The van der Waals surface area contributed by atoms with Crippen LogP contribution in [0.2, 0.25) is 0 Å². The fraction of sp³-hybridized carbons (Fsp3) is 0.615. The van der Waals surface area contributed by atoms with Gasteiger partial charge in [0.05, 0.1) is 6.10 Å². The molecule has 0 spiro atoms. The molecule has 0 aromatic carbocycles. The van der Waals surface area contributed by atoms with E-state index >= 15 is 0 Å². The fourth-order valence-corrected chi connectivity index (χ4v) is 2.27. The van der Waals surface area contributed by atoms with Crippen molar-refractivity contribution in [1.82, 2.24) is 10.3 Å². The maximum absolute atomic E-state index is 5.56. The number of hydrogen-bond acceptors (Lipinski definition) is 3. The van der Waals surface area contributed by atoms with Crippen LogP contribution in [-0.2, 0) is 11.2 Å². The second-order valence-electron chi connectivity index (χ2n) is 4.51. The van der Waals surface area contributed by atoms with E-state index in [1.807, 2.05) is 25.4 Å². The number of methoxy groups -OCH3 is 1. The Morgan fingerprint density at radius 3 is 2.53 bits per heavy atom. The highest BCUT2D eigenvalue weighted by molar-refractivity contribution is 9.10. The van der Waals surface area contributed by atoms with Crippen LogP contribution in [0.3, 0.4) is 0 Å². The molecule has 0 aliphatic rings. The summed E-state index contributed by atoms with van der Waals surface area (Å²) in [5.74, 6) is 0.480. The van der Waals surface area contributed by atoms with Gasteiger partial charge in [-0.3, -0.25) is 4.98 Å². The number of nitrogens with zero attached hydrogens (tertiary/aromatic N) is 1. The van der Waals surface area contributed by atoms with E-state index in [9.17, 15) is 0 Å². The Morgan fingerprint density at radius 2 is 2.12 bits per heavy atom. The molecule has 1 rings (SSSR count). The molecule has 0 amide bonds. The van der Waals surface area contributed by atoms with Gasteiger partial charge in [0.2, 0.25) is 0 Å². The average Bonchev–Trinajstić information content (AvgIpc) is 2.31. The zero-order valence-corrected chi connectivity index (χ0v) is 12.5. The molecule has 2 unspecified atom stereocenters. The van der Waals surface area contributed by atoms with Crippen molar-refractivity contribution < 1.29 is 4.74 Å². The molecule has 0 radical (unpaired) electrons. The number of likely N-dealkylation sites (N-methyl/N-ethyl adjacent to an activating group) is 1. The van der Waals surface area contributed by atoms with E-state index < -0.39 is 0 Å². The fourth-order valence-electron chi connectivity index (χ4n) is 2.04. The molecule has 0 fully saturated rings. The average molecular weight is 301 g/mol. The van der Waals surface area contributed by atoms with Gasteiger partial charge in [0.15, 0.2) is 0 Å². The third-order valence-electron chi connectivity index (χ3n) is 2.91. The summed E-state index contributed by atoms with van der Waals surface area (Å²) in [7, 11) is 3.74. The standard InChI is InChI=1S/C13H21BrN2O/c1-9(2)13(17-4)12(15-3)7-11-6-5-10(14)8-16-11/h5-6,8-9,12-13,15H,7H2,1-4H3. The number of hydrogen-bond donors (Lipinski definition) is 1. The van der Waals surface area contributed by atoms with Crippen LogP contribution in [0.15, 0.2) is 22.8 Å². The second kappa shape index (κ2) is 7.09. The van der Waals surface area contributed by atoms with Crippen LogP contribution in [0.25, 0.3) is 0 Å². The lowest BCUT2D eigenvalue weighted by Crippen LogP contribution is -2.43. The maximum Gasteiger partial charge on any atom is 0.0750 e. The Labute approximate surface area is 112 Å². The number of halogens is 1. The number of pyridine rings is 1. The normalized spacial score (nSPS) is 14.9. The molecule has 1 aromatic rings. The van der Waals surface area contributed by atoms with Crippen molar-refractivity contribution in [3.63, 3.8) is 0 Å². The van der Waals surface area contributed by atoms with E-state index in [1.165, 1.54) is 0 Å². The van der Waals surface area contributed by atoms with Crippen LogP contribution in [0.1, 0.15) is 19.5 Å². The first-order valence-corrected chi connectivity index (χ1v) is 6.68. The smallest absolute Gasteiger partial charge is 0.0750 e. The zero-order valence-electron chi connectivity index (χ0n) is 10.9. The Morgan fingerprint density at radius 1 is 1.41 bits per heavy atom. The molecular formula is C13H21BrN2O. The van der Waals surface area contributed by atoms with E-state index in [0.29, 0.717) is 5.92 Å². The summed E-state index contributed by atoms with van der Waals surface area (Å²) < 4.78 is 6.57. The van der Waals surface area contributed by atoms with Crippen molar-refractivity contribution >= 4 is 15.9 Å². The van der Waals surface area contributed by atoms with Crippen LogP contribution in [0.5, 0.6) is 0 Å². The van der Waals surface area contributed by atoms with Gasteiger partial charge in [-0.15, -0.1) is 0 Å². The van der Waals surface area contributed by atoms with Gasteiger partial charge in [-0.1, -0.05) is 13.8 Å². The summed E-state index contributed by atoms with van der Waals surface area (Å²) in [6, 6.07) is 4.35. The Kier molecular flexibility index (Phi) is 6.09. The van der Waals surface area contributed by atoms with Crippen molar-refractivity contribution in [2.45, 2.75) is 32.4 Å². The van der Waals surface area contributed by atoms with Crippen LogP contribution >= 0.6 is 15.9 Å². The number of rotatable bonds is 6. The number of ether oxygens (including phenoxy) is 1. The molecule has 2 atom stereocenters. The Hall–Kier alpha value is -0.450. The summed E-state index contributed by atoms with van der Waals surface area (Å²) in [5.41, 5.74) is 1.08. The third kappa shape index (κ3) is 4.37. The quantitative estimate of drug-likeness (QED) is 0.877. The van der Waals surface area contributed by atoms with Crippen molar-refractivity contribution in [3.8, 4) is 0 Å². The van der Waals surface area contributed by atoms with E-state index in [2.05, 4.69) is 40.1 Å². The minimum Gasteiger partial charge on any atom is -0.380 e. The minimum absolute atomic E-state index is 0.199. The second-order valence-corrected chi connectivity index (χ2v) is 5.43. The molecule has 1 aromatic heterocycles. The molecule has 0 saturated heterocycles. The summed E-state index contributed by atoms with van der Waals surface area (Å²) in [6.07, 6.45) is 2.91. The van der Waals surface area contributed by atoms with Crippen molar-refractivity contribution in [2.75, 3.05) is 14.2 Å². The molecule has 1 heterocycles. The summed E-state index contributed by atoms with van der Waals surface area (Å²) in [5, 5.41) is 3.32. The van der Waals surface area contributed by atoms with Crippen molar-refractivity contribution in [3.05, 3.63) is 28.5 Å². The van der Waals surface area contributed by atoms with Crippen LogP contribution in [-0.4, -0.2) is 31.3 Å². The number of aromatic nitrogens is 1. The molecule has 0 aliphatic heterocycles. The molecule has 0 bridgehead atoms. The van der Waals surface area contributed by atoms with Gasteiger partial charge in [0, 0.05) is 35.9 Å². The highest BCUT2D eigenvalue weighted by Crippen LogP contribution is 2.15. The molecule has 0 saturated carbocycles. The Bertz CT molecular complexity index is 327. The highest BCUT2D eigenvalue weighted by Gasteiger charge is 2.23. The predicted octanol–water partition coefficient (Wildman–Crippen LogP) is 2.65. The van der Waals surface area contributed by atoms with Crippen LogP contribution in [0.4, 0.5) is 0 Å². The molecule has 96 valence electrons. The Balaban J connectivity index is 2.71. The molecule has 1 N–H and O–H groups in total. The summed E-state index contributed by atoms with van der Waals surface area (Å²) in [4.78, 5) is 4.40. The maximum atomic E-state index is 5.56. The van der Waals surface area contributed by atoms with Gasteiger partial charge >= 0.3 is 0 Å². The monoisotopic (exact) mass is 300 g/mol. The van der Waals surface area contributed by atoms with Gasteiger partial charge in [-0.25, -0.2) is 0 Å². The van der Waals surface area contributed by atoms with Gasteiger partial charge in [0.1, 0.15) is 0 Å². The van der Waals surface area contributed by atoms with Crippen molar-refractivity contribution in [2.24, 2.45) is 5.92 Å². The molecule has 0 aliphatic carbocycles. The largest absolute Gasteiger partial charge is 0.380 e. The summed E-state index contributed by atoms with van der Waals surface area (Å²) in [6.45, 7) is 4.35. The van der Waals surface area contributed by atoms with Gasteiger partial charge < -0.3 is 10.1 Å². The van der Waals surface area contributed by atoms with E-state index in [0.717, 1.165) is 16.6 Å². The molecule has 3 nitrogen and oxygen atoms in total. The van der Waals surface area contributed by atoms with E-state index in [1.54, 1.807) is 7.11 Å². The number of nitrogens with one attached hydrogen (secondary N) is 1. The zero-order chi connectivity index (χ0) is 12.8. The van der Waals surface area contributed by atoms with Crippen LogP contribution in [0, 0.1) is 5.92 Å². The van der Waals surface area contributed by atoms with Gasteiger partial charge in [0.25, 0.3) is 0 Å². The lowest BCUT2D eigenvalue weighted by molar-refractivity contribution is 0.0351. The molecule has 4 heteroatoms. The lowest BCUT2D eigenvalue weighted by atomic mass is 9.96. The van der Waals surface area contributed by atoms with Crippen LogP contribution < -0.4 is 5.32 Å². The van der Waals surface area contributed by atoms with Gasteiger partial charge in [-0.2, -0.15) is 0 Å². The molecular weight excluding hydrogens is 280 g/mol. The van der Waals surface area contributed by atoms with Gasteiger partial charge in [-0.05, 0) is 41.0 Å². The SMILES string of the molecule is CNC(Cc1ccc(Br)cn1)C(OC)C(C)C. The lowest BCUT2D eigenvalue weighted by Gasteiger charge is -2.28. The first kappa shape index (κ1) is 14.6. The first-order valence-electron chi connectivity index (χ1n) is 5.89.